The fourth-order valence-electron chi connectivity index (χ4n) is 1.74. The molecule has 0 fully saturated rings. The zero-order valence-electron chi connectivity index (χ0n) is 13.0. The van der Waals surface area contributed by atoms with E-state index in [1.807, 2.05) is 18.2 Å². The molecule has 0 aliphatic carbocycles. The molecule has 0 spiro atoms. The molecular formula is C17H18N2O3S. The molecule has 1 aromatic carbocycles. The number of esters is 1. The van der Waals surface area contributed by atoms with Crippen molar-refractivity contribution in [2.45, 2.75) is 25.0 Å². The Kier molecular flexibility index (Phi) is 6.17. The predicted octanol–water partition coefficient (Wildman–Crippen LogP) is 3.38. The first-order chi connectivity index (χ1) is 11.0. The Bertz CT molecular complexity index is 657. The predicted molar refractivity (Wildman–Crippen MR) is 90.6 cm³/mol. The lowest BCUT2D eigenvalue weighted by atomic mass is 10.2. The summed E-state index contributed by atoms with van der Waals surface area (Å²) in [5.74, 6) is -0.226. The van der Waals surface area contributed by atoms with Crippen LogP contribution in [0.15, 0.2) is 53.7 Å². The number of rotatable bonds is 6. The normalized spacial score (nSPS) is 10.4. The molecular weight excluding hydrogens is 312 g/mol. The summed E-state index contributed by atoms with van der Waals surface area (Å²) in [4.78, 5) is 27.8. The molecule has 6 heteroatoms. The summed E-state index contributed by atoms with van der Waals surface area (Å²) in [6.07, 6.45) is 1.53. The Morgan fingerprint density at radius 3 is 2.52 bits per heavy atom. The Balaban J connectivity index is 1.85. The number of aromatic nitrogens is 1. The van der Waals surface area contributed by atoms with E-state index in [4.69, 9.17) is 4.74 Å². The topological polar surface area (TPSA) is 68.3 Å². The van der Waals surface area contributed by atoms with E-state index >= 15 is 0 Å². The van der Waals surface area contributed by atoms with E-state index in [1.165, 1.54) is 11.8 Å². The highest BCUT2D eigenvalue weighted by Crippen LogP contribution is 2.15. The number of nitrogens with one attached hydrogen (secondary N) is 1. The van der Waals surface area contributed by atoms with Gasteiger partial charge in [-0.15, -0.1) is 0 Å². The Labute approximate surface area is 139 Å². The summed E-state index contributed by atoms with van der Waals surface area (Å²) in [5, 5.41) is 3.58. The highest BCUT2D eigenvalue weighted by molar-refractivity contribution is 7.99. The van der Waals surface area contributed by atoms with Gasteiger partial charge in [0.2, 0.25) is 5.91 Å². The van der Waals surface area contributed by atoms with Crippen LogP contribution in [0.1, 0.15) is 24.2 Å². The molecule has 0 atom stereocenters. The van der Waals surface area contributed by atoms with Crippen LogP contribution >= 0.6 is 11.8 Å². The van der Waals surface area contributed by atoms with Crippen molar-refractivity contribution >= 4 is 29.3 Å². The van der Waals surface area contributed by atoms with Gasteiger partial charge in [0.25, 0.3) is 0 Å². The van der Waals surface area contributed by atoms with Crippen LogP contribution in [0, 0.1) is 0 Å². The average Bonchev–Trinajstić information content (AvgIpc) is 2.54. The van der Waals surface area contributed by atoms with E-state index in [0.717, 1.165) is 5.03 Å². The van der Waals surface area contributed by atoms with Crippen LogP contribution in [0.5, 0.6) is 0 Å². The van der Waals surface area contributed by atoms with Gasteiger partial charge in [-0.3, -0.25) is 4.79 Å². The molecule has 120 valence electrons. The second kappa shape index (κ2) is 8.33. The molecule has 1 heterocycles. The van der Waals surface area contributed by atoms with Gasteiger partial charge in [0.15, 0.2) is 0 Å². The van der Waals surface area contributed by atoms with Crippen molar-refractivity contribution in [1.29, 1.82) is 0 Å². The van der Waals surface area contributed by atoms with Gasteiger partial charge in [0, 0.05) is 11.9 Å². The third-order valence-corrected chi connectivity index (χ3v) is 3.68. The van der Waals surface area contributed by atoms with Crippen molar-refractivity contribution < 1.29 is 14.3 Å². The van der Waals surface area contributed by atoms with E-state index in [0.29, 0.717) is 11.3 Å². The van der Waals surface area contributed by atoms with Crippen LogP contribution < -0.4 is 5.32 Å². The van der Waals surface area contributed by atoms with Crippen molar-refractivity contribution in [3.8, 4) is 0 Å². The van der Waals surface area contributed by atoms with Crippen molar-refractivity contribution in [3.63, 3.8) is 0 Å². The fourth-order valence-corrected chi connectivity index (χ4v) is 2.40. The highest BCUT2D eigenvalue weighted by atomic mass is 32.2. The van der Waals surface area contributed by atoms with Crippen LogP contribution in [0.25, 0.3) is 0 Å². The Morgan fingerprint density at radius 2 is 1.91 bits per heavy atom. The second-order valence-corrected chi connectivity index (χ2v) is 6.03. The van der Waals surface area contributed by atoms with Crippen LogP contribution in [-0.4, -0.2) is 28.7 Å². The van der Waals surface area contributed by atoms with Gasteiger partial charge in [-0.05, 0) is 50.2 Å². The Morgan fingerprint density at radius 1 is 1.17 bits per heavy atom. The number of hydrogen-bond donors (Lipinski definition) is 1. The van der Waals surface area contributed by atoms with Crippen molar-refractivity contribution in [1.82, 2.24) is 4.98 Å². The minimum absolute atomic E-state index is 0.127. The largest absolute Gasteiger partial charge is 0.459 e. The van der Waals surface area contributed by atoms with Crippen LogP contribution in [0.4, 0.5) is 5.69 Å². The molecule has 2 aromatic rings. The van der Waals surface area contributed by atoms with Crippen molar-refractivity contribution in [3.05, 3.63) is 54.2 Å². The number of ether oxygens (including phenoxy) is 1. The molecule has 1 amide bonds. The lowest BCUT2D eigenvalue weighted by Crippen LogP contribution is -2.15. The van der Waals surface area contributed by atoms with E-state index < -0.39 is 0 Å². The van der Waals surface area contributed by atoms with Crippen LogP contribution in [0.3, 0.4) is 0 Å². The number of carbonyl (C=O) groups excluding carboxylic acids is 2. The first-order valence-corrected chi connectivity index (χ1v) is 8.18. The number of thioether (sulfide) groups is 1. The van der Waals surface area contributed by atoms with E-state index in [1.54, 1.807) is 44.3 Å². The van der Waals surface area contributed by atoms with Gasteiger partial charge in [-0.1, -0.05) is 17.8 Å². The maximum absolute atomic E-state index is 11.9. The molecule has 23 heavy (non-hydrogen) atoms. The molecule has 0 saturated heterocycles. The third kappa shape index (κ3) is 5.75. The van der Waals surface area contributed by atoms with E-state index in [-0.39, 0.29) is 23.7 Å². The molecule has 5 nitrogen and oxygen atoms in total. The van der Waals surface area contributed by atoms with E-state index in [2.05, 4.69) is 10.3 Å². The number of carbonyl (C=O) groups is 2. The van der Waals surface area contributed by atoms with Gasteiger partial charge < -0.3 is 10.1 Å². The molecule has 0 aliphatic rings. The Hall–Kier alpha value is -2.34. The van der Waals surface area contributed by atoms with Gasteiger partial charge >= 0.3 is 5.97 Å². The maximum atomic E-state index is 11.9. The summed E-state index contributed by atoms with van der Waals surface area (Å²) < 4.78 is 5.11. The maximum Gasteiger partial charge on any atom is 0.338 e. The summed E-state index contributed by atoms with van der Waals surface area (Å²) in [6, 6.07) is 12.2. The van der Waals surface area contributed by atoms with Gasteiger partial charge in [0.1, 0.15) is 0 Å². The molecule has 2 rings (SSSR count). The summed E-state index contributed by atoms with van der Waals surface area (Å²) in [7, 11) is 0. The number of nitrogens with zero attached hydrogens (tertiary/aromatic N) is 1. The lowest BCUT2D eigenvalue weighted by molar-refractivity contribution is -0.113. The quantitative estimate of drug-likeness (QED) is 0.649. The summed E-state index contributed by atoms with van der Waals surface area (Å²) >= 11 is 1.37. The molecule has 0 bridgehead atoms. The zero-order valence-corrected chi connectivity index (χ0v) is 13.8. The average molecular weight is 330 g/mol. The van der Waals surface area contributed by atoms with Crippen LogP contribution in [0.2, 0.25) is 0 Å². The smallest absolute Gasteiger partial charge is 0.338 e. The summed E-state index contributed by atoms with van der Waals surface area (Å²) in [6.45, 7) is 3.59. The molecule has 0 unspecified atom stereocenters. The second-order valence-electron chi connectivity index (χ2n) is 5.04. The molecule has 0 radical (unpaired) electrons. The van der Waals surface area contributed by atoms with Gasteiger partial charge in [0.05, 0.1) is 22.4 Å². The standard InChI is InChI=1S/C17H18N2O3S/c1-12(2)22-17(21)13-6-8-14(9-7-13)19-15(20)11-23-16-5-3-4-10-18-16/h3-10,12H,11H2,1-2H3,(H,19,20). The minimum Gasteiger partial charge on any atom is -0.459 e. The van der Waals surface area contributed by atoms with Crippen LogP contribution in [-0.2, 0) is 9.53 Å². The molecule has 1 aromatic heterocycles. The van der Waals surface area contributed by atoms with Crippen molar-refractivity contribution in [2.75, 3.05) is 11.1 Å². The molecule has 0 saturated carbocycles. The fraction of sp³-hybridized carbons (Fsp3) is 0.235. The molecule has 1 N–H and O–H groups in total. The SMILES string of the molecule is CC(C)OC(=O)c1ccc(NC(=O)CSc2ccccn2)cc1. The first-order valence-electron chi connectivity index (χ1n) is 7.19. The van der Waals surface area contributed by atoms with Crippen molar-refractivity contribution in [2.24, 2.45) is 0 Å². The number of amides is 1. The number of benzene rings is 1. The highest BCUT2D eigenvalue weighted by Gasteiger charge is 2.09. The zero-order chi connectivity index (χ0) is 16.7. The number of anilines is 1. The van der Waals surface area contributed by atoms with Gasteiger partial charge in [-0.25, -0.2) is 9.78 Å². The lowest BCUT2D eigenvalue weighted by Gasteiger charge is -2.09. The van der Waals surface area contributed by atoms with E-state index in [9.17, 15) is 9.59 Å². The first kappa shape index (κ1) is 17.0. The third-order valence-electron chi connectivity index (χ3n) is 2.74. The number of hydrogen-bond acceptors (Lipinski definition) is 5. The number of pyridine rings is 1. The minimum atomic E-state index is -0.372. The summed E-state index contributed by atoms with van der Waals surface area (Å²) in [5.41, 5.74) is 1.09. The monoisotopic (exact) mass is 330 g/mol. The van der Waals surface area contributed by atoms with Gasteiger partial charge in [-0.2, -0.15) is 0 Å². The molecule has 0 aliphatic heterocycles.